The van der Waals surface area contributed by atoms with Gasteiger partial charge in [-0.05, 0) is 56.2 Å². The molecule has 1 fully saturated rings. The summed E-state index contributed by atoms with van der Waals surface area (Å²) in [7, 11) is 0. The van der Waals surface area contributed by atoms with E-state index in [1.54, 1.807) is 24.3 Å². The molecule has 0 radical (unpaired) electrons. The van der Waals surface area contributed by atoms with Gasteiger partial charge in [0.25, 0.3) is 5.91 Å². The number of benzene rings is 1. The molecule has 0 unspecified atom stereocenters. The zero-order valence-electron chi connectivity index (χ0n) is 14.8. The van der Waals surface area contributed by atoms with Gasteiger partial charge in [0.15, 0.2) is 0 Å². The highest BCUT2D eigenvalue weighted by molar-refractivity contribution is 6.35. The summed E-state index contributed by atoms with van der Waals surface area (Å²) in [6, 6.07) is 6.52. The number of imide groups is 1. The van der Waals surface area contributed by atoms with Gasteiger partial charge in [0.05, 0.1) is 6.54 Å². The Bertz CT molecular complexity index is 931. The number of nitrogens with zero attached hydrogens (tertiary/aromatic N) is 2. The van der Waals surface area contributed by atoms with Crippen LogP contribution in [0.5, 0.6) is 0 Å². The van der Waals surface area contributed by atoms with Gasteiger partial charge in [-0.3, -0.25) is 9.69 Å². The fourth-order valence-electron chi connectivity index (χ4n) is 3.15. The normalized spacial score (nSPS) is 15.9. The van der Waals surface area contributed by atoms with Crippen molar-refractivity contribution in [2.24, 2.45) is 0 Å². The summed E-state index contributed by atoms with van der Waals surface area (Å²) >= 11 is 12.0. The summed E-state index contributed by atoms with van der Waals surface area (Å²) in [4.78, 5) is 26.1. The molecule has 1 N–H and O–H groups in total. The van der Waals surface area contributed by atoms with E-state index in [1.165, 1.54) is 0 Å². The number of nitrogens with one attached hydrogen (secondary N) is 1. The lowest BCUT2D eigenvalue weighted by atomic mass is 10.2. The molecule has 1 aliphatic rings. The average Bonchev–Trinajstić information content (AvgIpc) is 3.00. The van der Waals surface area contributed by atoms with Crippen LogP contribution in [0, 0.1) is 13.8 Å². The van der Waals surface area contributed by atoms with E-state index >= 15 is 0 Å². The molecule has 1 saturated heterocycles. The fraction of sp³-hybridized carbons (Fsp3) is 0.263. The molecule has 26 heavy (non-hydrogen) atoms. The highest BCUT2D eigenvalue weighted by Gasteiger charge is 2.34. The number of urea groups is 1. The maximum absolute atomic E-state index is 12.7. The fourth-order valence-corrected chi connectivity index (χ4v) is 3.62. The molecule has 2 heterocycles. The van der Waals surface area contributed by atoms with E-state index in [4.69, 9.17) is 23.2 Å². The smallest absolute Gasteiger partial charge is 0.329 e. The summed E-state index contributed by atoms with van der Waals surface area (Å²) in [6.07, 6.45) is 1.72. The average molecular weight is 392 g/mol. The first-order valence-corrected chi connectivity index (χ1v) is 9.02. The minimum atomic E-state index is -0.462. The monoisotopic (exact) mass is 391 g/mol. The Morgan fingerprint density at radius 2 is 1.88 bits per heavy atom. The van der Waals surface area contributed by atoms with Gasteiger partial charge in [-0.1, -0.05) is 29.3 Å². The zero-order chi connectivity index (χ0) is 19.0. The molecule has 5 nitrogen and oxygen atoms in total. The van der Waals surface area contributed by atoms with E-state index in [1.807, 2.05) is 19.9 Å². The number of hydrogen-bond donors (Lipinski definition) is 1. The van der Waals surface area contributed by atoms with Gasteiger partial charge >= 0.3 is 6.03 Å². The number of hydrogen-bond acceptors (Lipinski definition) is 2. The number of aryl methyl sites for hydroxylation is 1. The second-order valence-electron chi connectivity index (χ2n) is 6.19. The second-order valence-corrected chi connectivity index (χ2v) is 7.03. The van der Waals surface area contributed by atoms with Gasteiger partial charge in [-0.25, -0.2) is 4.79 Å². The second kappa shape index (κ2) is 7.17. The Balaban J connectivity index is 1.87. The Kier molecular flexibility index (Phi) is 5.12. The maximum atomic E-state index is 12.7. The molecule has 2 aromatic rings. The Morgan fingerprint density at radius 1 is 1.15 bits per heavy atom. The molecule has 0 saturated carbocycles. The van der Waals surface area contributed by atoms with E-state index < -0.39 is 6.03 Å². The van der Waals surface area contributed by atoms with Crippen LogP contribution in [0.3, 0.4) is 0 Å². The molecule has 3 rings (SSSR count). The first-order valence-electron chi connectivity index (χ1n) is 8.27. The van der Waals surface area contributed by atoms with E-state index in [2.05, 4.69) is 16.8 Å². The van der Waals surface area contributed by atoms with Crippen molar-refractivity contribution in [1.82, 2.24) is 14.8 Å². The van der Waals surface area contributed by atoms with Gasteiger partial charge in [0.2, 0.25) is 0 Å². The van der Waals surface area contributed by atoms with Crippen molar-refractivity contribution in [2.45, 2.75) is 33.9 Å². The van der Waals surface area contributed by atoms with Crippen molar-refractivity contribution in [3.05, 3.63) is 62.5 Å². The molecule has 0 atom stereocenters. The number of aromatic nitrogens is 1. The predicted octanol–water partition coefficient (Wildman–Crippen LogP) is 4.52. The van der Waals surface area contributed by atoms with Crippen LogP contribution in [0.2, 0.25) is 10.0 Å². The van der Waals surface area contributed by atoms with Crippen molar-refractivity contribution in [3.63, 3.8) is 0 Å². The van der Waals surface area contributed by atoms with Crippen LogP contribution in [0.1, 0.15) is 29.4 Å². The Morgan fingerprint density at radius 3 is 2.50 bits per heavy atom. The van der Waals surface area contributed by atoms with Crippen LogP contribution >= 0.6 is 23.2 Å². The van der Waals surface area contributed by atoms with Crippen LogP contribution in [0.25, 0.3) is 6.08 Å². The van der Waals surface area contributed by atoms with Crippen LogP contribution in [0.4, 0.5) is 4.79 Å². The van der Waals surface area contributed by atoms with Crippen molar-refractivity contribution < 1.29 is 9.59 Å². The number of rotatable bonds is 4. The van der Waals surface area contributed by atoms with Crippen LogP contribution in [0.15, 0.2) is 30.0 Å². The number of carbonyl (C=O) groups excluding carboxylic acids is 2. The number of halogens is 2. The third-order valence-electron chi connectivity index (χ3n) is 4.53. The molecule has 1 aromatic heterocycles. The minimum absolute atomic E-state index is 0.0893. The lowest BCUT2D eigenvalue weighted by Crippen LogP contribution is -2.30. The summed E-state index contributed by atoms with van der Waals surface area (Å²) in [5.41, 5.74) is 4.00. The van der Waals surface area contributed by atoms with E-state index in [9.17, 15) is 9.59 Å². The molecule has 136 valence electrons. The number of amides is 3. The molecule has 7 heteroatoms. The van der Waals surface area contributed by atoms with Crippen LogP contribution in [-0.2, 0) is 17.9 Å². The van der Waals surface area contributed by atoms with Crippen molar-refractivity contribution in [1.29, 1.82) is 0 Å². The zero-order valence-corrected chi connectivity index (χ0v) is 16.3. The lowest BCUT2D eigenvalue weighted by Gasteiger charge is -2.13. The summed E-state index contributed by atoms with van der Waals surface area (Å²) < 4.78 is 2.15. The molecule has 1 aliphatic heterocycles. The molecule has 3 amide bonds. The van der Waals surface area contributed by atoms with Crippen molar-refractivity contribution >= 4 is 41.2 Å². The number of carbonyl (C=O) groups is 2. The van der Waals surface area contributed by atoms with Crippen molar-refractivity contribution in [3.8, 4) is 0 Å². The molecular weight excluding hydrogens is 373 g/mol. The van der Waals surface area contributed by atoms with Gasteiger partial charge in [-0.2, -0.15) is 0 Å². The lowest BCUT2D eigenvalue weighted by molar-refractivity contribution is -0.123. The third-order valence-corrected chi connectivity index (χ3v) is 5.12. The van der Waals surface area contributed by atoms with Gasteiger partial charge in [0, 0.05) is 28.0 Å². The van der Waals surface area contributed by atoms with E-state index in [-0.39, 0.29) is 18.1 Å². The molecule has 0 aliphatic carbocycles. The molecule has 0 spiro atoms. The van der Waals surface area contributed by atoms with Crippen molar-refractivity contribution in [2.75, 3.05) is 0 Å². The largest absolute Gasteiger partial charge is 0.349 e. The standard InChI is InChI=1S/C19H19Cl2N3O2/c1-4-23-11(2)7-14(12(23)3)8-17-18(25)24(19(26)22-17)10-13-5-6-15(20)9-16(13)21/h5-9H,4,10H2,1-3H3,(H,22,26)/b17-8+. The Labute approximate surface area is 162 Å². The van der Waals surface area contributed by atoms with Gasteiger partial charge < -0.3 is 9.88 Å². The minimum Gasteiger partial charge on any atom is -0.349 e. The highest BCUT2D eigenvalue weighted by Crippen LogP contribution is 2.25. The molecule has 1 aromatic carbocycles. The van der Waals surface area contributed by atoms with Crippen LogP contribution < -0.4 is 5.32 Å². The Hall–Kier alpha value is -2.24. The van der Waals surface area contributed by atoms with Gasteiger partial charge in [0.1, 0.15) is 5.70 Å². The highest BCUT2D eigenvalue weighted by atomic mass is 35.5. The molecular formula is C19H19Cl2N3O2. The quantitative estimate of drug-likeness (QED) is 0.614. The van der Waals surface area contributed by atoms with Gasteiger partial charge in [-0.15, -0.1) is 0 Å². The van der Waals surface area contributed by atoms with E-state index in [0.29, 0.717) is 15.6 Å². The molecule has 0 bridgehead atoms. The van der Waals surface area contributed by atoms with E-state index in [0.717, 1.165) is 28.4 Å². The topological polar surface area (TPSA) is 54.3 Å². The summed E-state index contributed by atoms with van der Waals surface area (Å²) in [6.45, 7) is 7.02. The van der Waals surface area contributed by atoms with Crippen LogP contribution in [-0.4, -0.2) is 21.4 Å². The predicted molar refractivity (Wildman–Crippen MR) is 103 cm³/mol. The first-order chi connectivity index (χ1) is 12.3. The first kappa shape index (κ1) is 18.5. The maximum Gasteiger partial charge on any atom is 0.329 e. The summed E-state index contributed by atoms with van der Waals surface area (Å²) in [5, 5.41) is 3.57. The SMILES string of the molecule is CCn1c(C)cc(/C=C2/NC(=O)N(Cc3ccc(Cl)cc3Cl)C2=O)c1C. The summed E-state index contributed by atoms with van der Waals surface area (Å²) in [5.74, 6) is -0.373. The third kappa shape index (κ3) is 3.37.